The van der Waals surface area contributed by atoms with Crippen LogP contribution in [0.25, 0.3) is 0 Å². The van der Waals surface area contributed by atoms with Crippen molar-refractivity contribution >= 4 is 11.8 Å². The van der Waals surface area contributed by atoms with Crippen LogP contribution in [0.1, 0.15) is 71.0 Å². The van der Waals surface area contributed by atoms with Crippen LogP contribution in [-0.4, -0.2) is 23.3 Å². The maximum absolute atomic E-state index is 12.6. The molecule has 5 nitrogen and oxygen atoms in total. The Labute approximate surface area is 141 Å². The third-order valence-corrected chi connectivity index (χ3v) is 4.27. The lowest BCUT2D eigenvalue weighted by Gasteiger charge is -2.19. The normalized spacial score (nSPS) is 17.7. The fourth-order valence-corrected chi connectivity index (χ4v) is 3.12. The van der Waals surface area contributed by atoms with Crippen LogP contribution in [0.5, 0.6) is 0 Å². The van der Waals surface area contributed by atoms with Gasteiger partial charge in [0.25, 0.3) is 0 Å². The monoisotopic (exact) mass is 329 g/mol. The maximum atomic E-state index is 12.6. The number of carbonyl (C=O) groups is 2. The van der Waals surface area contributed by atoms with Crippen molar-refractivity contribution in [1.29, 1.82) is 0 Å². The molecule has 2 aromatic heterocycles. The Kier molecular flexibility index (Phi) is 4.11. The first kappa shape index (κ1) is 16.6. The summed E-state index contributed by atoms with van der Waals surface area (Å²) in [5.74, 6) is 0.454. The van der Waals surface area contributed by atoms with E-state index >= 15 is 0 Å². The van der Waals surface area contributed by atoms with Gasteiger partial charge in [-0.2, -0.15) is 0 Å². The van der Waals surface area contributed by atoms with Crippen molar-refractivity contribution in [3.05, 3.63) is 46.7 Å². The molecule has 0 saturated carbocycles. The van der Waals surface area contributed by atoms with Crippen molar-refractivity contribution in [3.8, 4) is 0 Å². The number of esters is 1. The molecule has 0 aromatic carbocycles. The molecule has 0 aliphatic heterocycles. The summed E-state index contributed by atoms with van der Waals surface area (Å²) in [4.78, 5) is 28.0. The molecule has 1 N–H and O–H groups in total. The predicted octanol–water partition coefficient (Wildman–Crippen LogP) is 4.03. The second-order valence-electron chi connectivity index (χ2n) is 7.66. The van der Waals surface area contributed by atoms with Crippen molar-refractivity contribution in [2.24, 2.45) is 5.41 Å². The number of aromatic amines is 1. The summed E-state index contributed by atoms with van der Waals surface area (Å²) in [6.07, 6.45) is 2.67. The molecule has 0 saturated heterocycles. The molecule has 5 heteroatoms. The second kappa shape index (κ2) is 5.96. The van der Waals surface area contributed by atoms with Gasteiger partial charge in [-0.15, -0.1) is 0 Å². The van der Waals surface area contributed by atoms with Gasteiger partial charge in [-0.25, -0.2) is 4.79 Å². The van der Waals surface area contributed by atoms with Crippen LogP contribution in [0, 0.1) is 12.3 Å². The number of aromatic nitrogens is 1. The highest BCUT2D eigenvalue weighted by molar-refractivity contribution is 6.03. The molecule has 2 aromatic rings. The number of ether oxygens (including phenoxy) is 1. The Balaban J connectivity index is 1.85. The van der Waals surface area contributed by atoms with E-state index in [0.29, 0.717) is 36.3 Å². The molecule has 0 amide bonds. The first-order valence-electron chi connectivity index (χ1n) is 8.21. The van der Waals surface area contributed by atoms with Gasteiger partial charge in [0.1, 0.15) is 11.5 Å². The van der Waals surface area contributed by atoms with E-state index in [1.165, 1.54) is 0 Å². The zero-order valence-electron chi connectivity index (χ0n) is 14.6. The van der Waals surface area contributed by atoms with Crippen LogP contribution >= 0.6 is 0 Å². The average molecular weight is 329 g/mol. The summed E-state index contributed by atoms with van der Waals surface area (Å²) in [7, 11) is 0. The average Bonchev–Trinajstić information content (AvgIpc) is 3.12. The lowest BCUT2D eigenvalue weighted by molar-refractivity contribution is 0.0360. The van der Waals surface area contributed by atoms with Gasteiger partial charge in [0.15, 0.2) is 5.78 Å². The lowest BCUT2D eigenvalue weighted by atomic mass is 9.84. The fourth-order valence-electron chi connectivity index (χ4n) is 3.12. The highest BCUT2D eigenvalue weighted by Gasteiger charge is 2.33. The Morgan fingerprint density at radius 1 is 1.38 bits per heavy atom. The summed E-state index contributed by atoms with van der Waals surface area (Å²) in [5, 5.41) is 0. The third kappa shape index (κ3) is 3.16. The minimum absolute atomic E-state index is 0.0106. The topological polar surface area (TPSA) is 72.3 Å². The molecule has 1 aliphatic rings. The molecule has 1 unspecified atom stereocenters. The molecule has 0 spiro atoms. The first-order valence-corrected chi connectivity index (χ1v) is 8.21. The number of nitrogens with one attached hydrogen (secondary N) is 1. The number of carbonyl (C=O) groups excluding carboxylic acids is 2. The number of hydrogen-bond acceptors (Lipinski definition) is 4. The molecule has 0 bridgehead atoms. The summed E-state index contributed by atoms with van der Waals surface area (Å²) in [6, 6.07) is 3.71. The molecule has 24 heavy (non-hydrogen) atoms. The Morgan fingerprint density at radius 3 is 2.75 bits per heavy atom. The van der Waals surface area contributed by atoms with Crippen LogP contribution in [0.3, 0.4) is 0 Å². The molecule has 1 aliphatic carbocycles. The Bertz CT molecular complexity index is 762. The van der Waals surface area contributed by atoms with E-state index in [4.69, 9.17) is 9.15 Å². The predicted molar refractivity (Wildman–Crippen MR) is 89.4 cm³/mol. The first-order chi connectivity index (χ1) is 11.3. The summed E-state index contributed by atoms with van der Waals surface area (Å²) in [6.45, 7) is 8.14. The van der Waals surface area contributed by atoms with Gasteiger partial charge in [-0.3, -0.25) is 4.79 Å². The minimum Gasteiger partial charge on any atom is -0.469 e. The SMILES string of the molecule is Cc1c(C(=O)OCC(C)(C)C)[nH]c2c1C(=O)CC(c1ccco1)C2. The zero-order chi connectivity index (χ0) is 17.5. The molecular weight excluding hydrogens is 306 g/mol. The zero-order valence-corrected chi connectivity index (χ0v) is 14.6. The van der Waals surface area contributed by atoms with Gasteiger partial charge in [-0.1, -0.05) is 20.8 Å². The maximum Gasteiger partial charge on any atom is 0.355 e. The highest BCUT2D eigenvalue weighted by atomic mass is 16.5. The van der Waals surface area contributed by atoms with E-state index < -0.39 is 5.97 Å². The molecule has 3 rings (SSSR count). The second-order valence-corrected chi connectivity index (χ2v) is 7.66. The highest BCUT2D eigenvalue weighted by Crippen LogP contribution is 2.35. The van der Waals surface area contributed by atoms with Crippen molar-refractivity contribution < 1.29 is 18.7 Å². The standard InChI is InChI=1S/C19H23NO4/c1-11-16-13(20-17(11)18(22)24-10-19(2,3)4)8-12(9-14(16)21)15-6-5-7-23-15/h5-7,12,20H,8-10H2,1-4H3. The van der Waals surface area contributed by atoms with Crippen LogP contribution in [0.4, 0.5) is 0 Å². The van der Waals surface area contributed by atoms with Crippen LogP contribution in [0.2, 0.25) is 0 Å². The molecule has 128 valence electrons. The van der Waals surface area contributed by atoms with Gasteiger partial charge < -0.3 is 14.1 Å². The largest absolute Gasteiger partial charge is 0.469 e. The smallest absolute Gasteiger partial charge is 0.355 e. The lowest BCUT2D eigenvalue weighted by Crippen LogP contribution is -2.19. The number of fused-ring (bicyclic) bond motifs is 1. The molecule has 2 heterocycles. The fraction of sp³-hybridized carbons (Fsp3) is 0.474. The molecular formula is C19H23NO4. The van der Waals surface area contributed by atoms with Crippen molar-refractivity contribution in [2.45, 2.75) is 46.5 Å². The van der Waals surface area contributed by atoms with E-state index in [0.717, 1.165) is 11.5 Å². The summed E-state index contributed by atoms with van der Waals surface area (Å²) in [5.41, 5.74) is 2.41. The Hall–Kier alpha value is -2.30. The van der Waals surface area contributed by atoms with Crippen molar-refractivity contribution in [2.75, 3.05) is 6.61 Å². The number of rotatable bonds is 3. The summed E-state index contributed by atoms with van der Waals surface area (Å²) >= 11 is 0. The number of hydrogen-bond donors (Lipinski definition) is 1. The molecule has 0 fully saturated rings. The number of furan rings is 1. The van der Waals surface area contributed by atoms with Gasteiger partial charge in [0.2, 0.25) is 0 Å². The van der Waals surface area contributed by atoms with Gasteiger partial charge in [0.05, 0.1) is 12.9 Å². The van der Waals surface area contributed by atoms with E-state index in [1.807, 2.05) is 32.9 Å². The number of Topliss-reactive ketones (excluding diaryl/α,β-unsaturated/α-hetero) is 1. The third-order valence-electron chi connectivity index (χ3n) is 4.27. The van der Waals surface area contributed by atoms with Crippen LogP contribution in [-0.2, 0) is 11.2 Å². The number of H-pyrrole nitrogens is 1. The minimum atomic E-state index is -0.404. The van der Waals surface area contributed by atoms with Crippen LogP contribution in [0.15, 0.2) is 22.8 Å². The Morgan fingerprint density at radius 2 is 2.12 bits per heavy atom. The van der Waals surface area contributed by atoms with E-state index in [9.17, 15) is 9.59 Å². The van der Waals surface area contributed by atoms with E-state index in [1.54, 1.807) is 13.2 Å². The van der Waals surface area contributed by atoms with Gasteiger partial charge in [-0.05, 0) is 36.5 Å². The van der Waals surface area contributed by atoms with Gasteiger partial charge >= 0.3 is 5.97 Å². The quantitative estimate of drug-likeness (QED) is 0.863. The van der Waals surface area contributed by atoms with Gasteiger partial charge in [0, 0.05) is 23.6 Å². The number of ketones is 1. The van der Waals surface area contributed by atoms with E-state index in [-0.39, 0.29) is 17.1 Å². The van der Waals surface area contributed by atoms with Crippen LogP contribution < -0.4 is 0 Å². The van der Waals surface area contributed by atoms with Crippen molar-refractivity contribution in [1.82, 2.24) is 4.98 Å². The van der Waals surface area contributed by atoms with Crippen molar-refractivity contribution in [3.63, 3.8) is 0 Å². The molecule has 0 radical (unpaired) electrons. The van der Waals surface area contributed by atoms with E-state index in [2.05, 4.69) is 4.98 Å². The molecule has 1 atom stereocenters. The summed E-state index contributed by atoms with van der Waals surface area (Å²) < 4.78 is 10.8.